The van der Waals surface area contributed by atoms with E-state index < -0.39 is 0 Å². The summed E-state index contributed by atoms with van der Waals surface area (Å²) in [5.74, 6) is 1.20. The fourth-order valence-corrected chi connectivity index (χ4v) is 4.78. The molecule has 0 unspecified atom stereocenters. The minimum absolute atomic E-state index is 0. The summed E-state index contributed by atoms with van der Waals surface area (Å²) in [6, 6.07) is 21.7. The van der Waals surface area contributed by atoms with E-state index in [1.807, 2.05) is 0 Å². The Balaban J connectivity index is 0.00000176. The molecule has 0 amide bonds. The van der Waals surface area contributed by atoms with Crippen LogP contribution in [0.3, 0.4) is 0 Å². The molecule has 1 aliphatic heterocycles. The highest BCUT2D eigenvalue weighted by Gasteiger charge is 2.13. The van der Waals surface area contributed by atoms with Crippen LogP contribution in [-0.2, 0) is 4.74 Å². The fourth-order valence-electron chi connectivity index (χ4n) is 2.61. The molecule has 1 heterocycles. The molecule has 116 valence electrons. The topological polar surface area (TPSA) is 9.23 Å². The van der Waals surface area contributed by atoms with E-state index in [4.69, 9.17) is 4.74 Å². The fraction of sp³-hybridized carbons (Fsp3) is 0.263. The van der Waals surface area contributed by atoms with Crippen LogP contribution >= 0.6 is 20.3 Å². The molecule has 2 aromatic carbocycles. The highest BCUT2D eigenvalue weighted by Crippen LogP contribution is 2.34. The normalized spacial score (nSPS) is 16.1. The number of halogens is 1. The predicted octanol–water partition coefficient (Wildman–Crippen LogP) is 4.63. The quantitative estimate of drug-likeness (QED) is 0.742. The number of hydrogen-bond acceptors (Lipinski definition) is 1. The van der Waals surface area contributed by atoms with Gasteiger partial charge in [-0.1, -0.05) is 60.7 Å². The molecule has 1 fully saturated rings. The summed E-state index contributed by atoms with van der Waals surface area (Å²) in [5.41, 5.74) is 0. The standard InChI is InChI=1S/C19H21OP.ClH/c1-3-10-18(11-4-1)21(19-12-5-2-6-13-19)16-14-17-9-7-8-15-20-17;/h1-6,10-14H,7-9,15-16H2;1H. The first kappa shape index (κ1) is 17.1. The Hall–Kier alpha value is -1.30. The average Bonchev–Trinajstić information content (AvgIpc) is 2.58. The van der Waals surface area contributed by atoms with Crippen LogP contribution in [0.1, 0.15) is 19.3 Å². The molecule has 1 nitrogen and oxygen atoms in total. The van der Waals surface area contributed by atoms with Gasteiger partial charge in [0, 0.05) is 6.42 Å². The Morgan fingerprint density at radius 1 is 0.864 bits per heavy atom. The maximum atomic E-state index is 5.77. The van der Waals surface area contributed by atoms with Crippen molar-refractivity contribution in [3.05, 3.63) is 72.5 Å². The molecular weight excluding hydrogens is 311 g/mol. The zero-order valence-corrected chi connectivity index (χ0v) is 14.4. The van der Waals surface area contributed by atoms with E-state index >= 15 is 0 Å². The van der Waals surface area contributed by atoms with Crippen molar-refractivity contribution < 1.29 is 4.74 Å². The second-order valence-electron chi connectivity index (χ2n) is 5.26. The van der Waals surface area contributed by atoms with E-state index in [-0.39, 0.29) is 20.3 Å². The van der Waals surface area contributed by atoms with Gasteiger partial charge in [-0.3, -0.25) is 0 Å². The van der Waals surface area contributed by atoms with Crippen molar-refractivity contribution in [2.75, 3.05) is 12.8 Å². The number of rotatable bonds is 4. The lowest BCUT2D eigenvalue weighted by molar-refractivity contribution is 0.166. The van der Waals surface area contributed by atoms with Crippen LogP contribution in [0.25, 0.3) is 0 Å². The maximum Gasteiger partial charge on any atom is 0.0923 e. The minimum atomic E-state index is -0.332. The van der Waals surface area contributed by atoms with Crippen LogP contribution in [0.4, 0.5) is 0 Å². The molecule has 0 radical (unpaired) electrons. The zero-order valence-electron chi connectivity index (χ0n) is 12.7. The van der Waals surface area contributed by atoms with E-state index in [2.05, 4.69) is 66.7 Å². The SMILES string of the molecule is C(CP(c1ccccc1)c1ccccc1)=C1CCCCO1.Cl. The van der Waals surface area contributed by atoms with Gasteiger partial charge < -0.3 is 4.74 Å². The summed E-state index contributed by atoms with van der Waals surface area (Å²) < 4.78 is 5.77. The Bertz CT molecular complexity index is 535. The van der Waals surface area contributed by atoms with Crippen molar-refractivity contribution in [3.8, 4) is 0 Å². The van der Waals surface area contributed by atoms with E-state index in [1.165, 1.54) is 29.2 Å². The van der Waals surface area contributed by atoms with E-state index in [0.717, 1.165) is 19.2 Å². The van der Waals surface area contributed by atoms with Gasteiger partial charge in [0.2, 0.25) is 0 Å². The average molecular weight is 333 g/mol. The number of allylic oxidation sites excluding steroid dienone is 2. The lowest BCUT2D eigenvalue weighted by Crippen LogP contribution is -2.13. The van der Waals surface area contributed by atoms with Crippen LogP contribution in [0.2, 0.25) is 0 Å². The first-order valence-electron chi connectivity index (χ1n) is 7.63. The third-order valence-corrected chi connectivity index (χ3v) is 6.13. The summed E-state index contributed by atoms with van der Waals surface area (Å²) in [4.78, 5) is 0. The Morgan fingerprint density at radius 2 is 1.45 bits per heavy atom. The Labute approximate surface area is 140 Å². The first-order chi connectivity index (χ1) is 10.4. The summed E-state index contributed by atoms with van der Waals surface area (Å²) in [7, 11) is -0.332. The molecule has 2 aromatic rings. The molecule has 0 N–H and O–H groups in total. The van der Waals surface area contributed by atoms with Crippen molar-refractivity contribution in [2.45, 2.75) is 19.3 Å². The third kappa shape index (κ3) is 4.60. The summed E-state index contributed by atoms with van der Waals surface area (Å²) in [6.07, 6.45) is 6.96. The van der Waals surface area contributed by atoms with Gasteiger partial charge in [-0.05, 0) is 43.6 Å². The molecule has 0 spiro atoms. The first-order valence-corrected chi connectivity index (χ1v) is 9.15. The van der Waals surface area contributed by atoms with Crippen LogP contribution in [0.15, 0.2) is 72.5 Å². The van der Waals surface area contributed by atoms with Gasteiger partial charge in [0.05, 0.1) is 12.4 Å². The number of benzene rings is 2. The lowest BCUT2D eigenvalue weighted by Gasteiger charge is -2.20. The van der Waals surface area contributed by atoms with Gasteiger partial charge in [0.15, 0.2) is 0 Å². The molecular formula is C19H22ClOP. The highest BCUT2D eigenvalue weighted by molar-refractivity contribution is 7.73. The molecule has 22 heavy (non-hydrogen) atoms. The van der Waals surface area contributed by atoms with Gasteiger partial charge in [0.25, 0.3) is 0 Å². The monoisotopic (exact) mass is 332 g/mol. The molecule has 1 aliphatic rings. The van der Waals surface area contributed by atoms with Crippen LogP contribution < -0.4 is 10.6 Å². The highest BCUT2D eigenvalue weighted by atomic mass is 35.5. The van der Waals surface area contributed by atoms with Gasteiger partial charge in [-0.15, -0.1) is 12.4 Å². The van der Waals surface area contributed by atoms with E-state index in [0.29, 0.717) is 0 Å². The lowest BCUT2D eigenvalue weighted by atomic mass is 10.2. The summed E-state index contributed by atoms with van der Waals surface area (Å²) in [5, 5.41) is 2.87. The number of hydrogen-bond donors (Lipinski definition) is 0. The largest absolute Gasteiger partial charge is 0.498 e. The van der Waals surface area contributed by atoms with Gasteiger partial charge in [0.1, 0.15) is 0 Å². The third-order valence-electron chi connectivity index (χ3n) is 3.74. The van der Waals surface area contributed by atoms with Gasteiger partial charge in [-0.2, -0.15) is 0 Å². The molecule has 3 rings (SSSR count). The number of ether oxygens (including phenoxy) is 1. The molecule has 1 saturated heterocycles. The van der Waals surface area contributed by atoms with Crippen LogP contribution in [0, 0.1) is 0 Å². The van der Waals surface area contributed by atoms with Crippen molar-refractivity contribution in [1.82, 2.24) is 0 Å². The molecule has 0 bridgehead atoms. The summed E-state index contributed by atoms with van der Waals surface area (Å²) >= 11 is 0. The van der Waals surface area contributed by atoms with E-state index in [9.17, 15) is 0 Å². The molecule has 3 heteroatoms. The van der Waals surface area contributed by atoms with Crippen molar-refractivity contribution in [2.24, 2.45) is 0 Å². The van der Waals surface area contributed by atoms with E-state index in [1.54, 1.807) is 0 Å². The predicted molar refractivity (Wildman–Crippen MR) is 99.1 cm³/mol. The molecule has 0 atom stereocenters. The van der Waals surface area contributed by atoms with Crippen LogP contribution in [0.5, 0.6) is 0 Å². The van der Waals surface area contributed by atoms with Crippen LogP contribution in [-0.4, -0.2) is 12.8 Å². The second-order valence-corrected chi connectivity index (χ2v) is 7.51. The van der Waals surface area contributed by atoms with Crippen molar-refractivity contribution in [3.63, 3.8) is 0 Å². The Kier molecular flexibility index (Phi) is 6.96. The molecule has 0 aliphatic carbocycles. The maximum absolute atomic E-state index is 5.77. The minimum Gasteiger partial charge on any atom is -0.498 e. The summed E-state index contributed by atoms with van der Waals surface area (Å²) in [6.45, 7) is 0.889. The van der Waals surface area contributed by atoms with Gasteiger partial charge in [-0.25, -0.2) is 0 Å². The zero-order chi connectivity index (χ0) is 14.3. The van der Waals surface area contributed by atoms with Crippen molar-refractivity contribution >= 4 is 30.9 Å². The molecule has 0 saturated carbocycles. The molecule has 0 aromatic heterocycles. The smallest absolute Gasteiger partial charge is 0.0923 e. The van der Waals surface area contributed by atoms with Gasteiger partial charge >= 0.3 is 0 Å². The second kappa shape index (κ2) is 8.98. The van der Waals surface area contributed by atoms with Crippen molar-refractivity contribution in [1.29, 1.82) is 0 Å². The Morgan fingerprint density at radius 3 is 1.95 bits per heavy atom.